The van der Waals surface area contributed by atoms with Crippen LogP contribution in [0.3, 0.4) is 0 Å². The van der Waals surface area contributed by atoms with Crippen LogP contribution < -0.4 is 15.2 Å². The van der Waals surface area contributed by atoms with E-state index in [2.05, 4.69) is 9.82 Å². The van der Waals surface area contributed by atoms with Crippen LogP contribution in [0.5, 0.6) is 5.75 Å². The Labute approximate surface area is 174 Å². The van der Waals surface area contributed by atoms with E-state index < -0.39 is 10.0 Å². The van der Waals surface area contributed by atoms with Gasteiger partial charge < -0.3 is 10.5 Å². The SMILES string of the molecule is COc1ccc(-c2ccc(-n3nccc3NS(=O)(=O)c3ccc(N)cc3)cc2)cc1. The van der Waals surface area contributed by atoms with Gasteiger partial charge in [0.25, 0.3) is 10.0 Å². The number of hydrogen-bond acceptors (Lipinski definition) is 5. The predicted octanol–water partition coefficient (Wildman–Crippen LogP) is 3.93. The Morgan fingerprint density at radius 1 is 0.867 bits per heavy atom. The van der Waals surface area contributed by atoms with Gasteiger partial charge in [-0.05, 0) is 59.7 Å². The van der Waals surface area contributed by atoms with Crippen LogP contribution in [-0.2, 0) is 10.0 Å². The summed E-state index contributed by atoms with van der Waals surface area (Å²) in [5.41, 5.74) is 8.94. The quantitative estimate of drug-likeness (QED) is 0.461. The molecule has 8 heteroatoms. The molecule has 0 fully saturated rings. The molecule has 0 radical (unpaired) electrons. The third-order valence-electron chi connectivity index (χ3n) is 4.61. The molecule has 4 rings (SSSR count). The molecule has 0 saturated carbocycles. The van der Waals surface area contributed by atoms with E-state index in [-0.39, 0.29) is 4.90 Å². The van der Waals surface area contributed by atoms with Crippen LogP contribution in [0, 0.1) is 0 Å². The Bertz CT molecular complexity index is 1250. The Morgan fingerprint density at radius 2 is 1.47 bits per heavy atom. The number of rotatable bonds is 6. The standard InChI is InChI=1S/C22H20N4O3S/c1-29-20-10-4-17(5-11-20)16-2-8-19(9-3-16)26-22(14-15-24-26)25-30(27,28)21-12-6-18(23)7-13-21/h2-15,25H,23H2,1H3. The van der Waals surface area contributed by atoms with E-state index >= 15 is 0 Å². The van der Waals surface area contributed by atoms with Crippen molar-refractivity contribution in [2.45, 2.75) is 4.90 Å². The maximum Gasteiger partial charge on any atom is 0.263 e. The van der Waals surface area contributed by atoms with Crippen molar-refractivity contribution in [1.29, 1.82) is 0 Å². The average molecular weight is 420 g/mol. The van der Waals surface area contributed by atoms with Crippen LogP contribution >= 0.6 is 0 Å². The summed E-state index contributed by atoms with van der Waals surface area (Å²) in [5, 5.41) is 4.26. The molecule has 1 heterocycles. The molecule has 0 bridgehead atoms. The summed E-state index contributed by atoms with van der Waals surface area (Å²) in [4.78, 5) is 0.124. The Hall–Kier alpha value is -3.78. The molecule has 0 amide bonds. The van der Waals surface area contributed by atoms with E-state index in [0.717, 1.165) is 22.6 Å². The number of ether oxygens (including phenoxy) is 1. The maximum absolute atomic E-state index is 12.7. The summed E-state index contributed by atoms with van der Waals surface area (Å²) in [7, 11) is -2.13. The molecule has 0 aliphatic rings. The summed E-state index contributed by atoms with van der Waals surface area (Å²) < 4.78 is 34.7. The zero-order valence-corrected chi connectivity index (χ0v) is 17.0. The minimum Gasteiger partial charge on any atom is -0.497 e. The zero-order valence-electron chi connectivity index (χ0n) is 16.2. The van der Waals surface area contributed by atoms with Gasteiger partial charge in [-0.25, -0.2) is 13.1 Å². The fourth-order valence-corrected chi connectivity index (χ4v) is 4.05. The lowest BCUT2D eigenvalue weighted by Gasteiger charge is -2.11. The van der Waals surface area contributed by atoms with Crippen LogP contribution in [-0.4, -0.2) is 25.3 Å². The highest BCUT2D eigenvalue weighted by Gasteiger charge is 2.17. The van der Waals surface area contributed by atoms with Gasteiger partial charge in [0.05, 0.1) is 23.9 Å². The highest BCUT2D eigenvalue weighted by atomic mass is 32.2. The molecule has 1 aromatic heterocycles. The highest BCUT2D eigenvalue weighted by Crippen LogP contribution is 2.25. The molecular formula is C22H20N4O3S. The summed E-state index contributed by atoms with van der Waals surface area (Å²) in [6.45, 7) is 0. The number of aromatic nitrogens is 2. The van der Waals surface area contributed by atoms with Gasteiger partial charge in [-0.2, -0.15) is 5.10 Å². The number of nitrogens with zero attached hydrogens (tertiary/aromatic N) is 2. The minimum atomic E-state index is -3.77. The van der Waals surface area contributed by atoms with Gasteiger partial charge in [-0.1, -0.05) is 24.3 Å². The second kappa shape index (κ2) is 7.92. The molecule has 0 aliphatic heterocycles. The third kappa shape index (κ3) is 3.99. The first-order valence-electron chi connectivity index (χ1n) is 9.13. The van der Waals surface area contributed by atoms with Crippen molar-refractivity contribution in [3.05, 3.63) is 85.1 Å². The molecule has 30 heavy (non-hydrogen) atoms. The molecule has 0 aliphatic carbocycles. The number of nitrogen functional groups attached to an aromatic ring is 1. The van der Waals surface area contributed by atoms with Gasteiger partial charge in [-0.3, -0.25) is 4.72 Å². The van der Waals surface area contributed by atoms with Gasteiger partial charge in [0.1, 0.15) is 11.6 Å². The molecule has 3 aromatic carbocycles. The van der Waals surface area contributed by atoms with Crippen LogP contribution in [0.4, 0.5) is 11.5 Å². The summed E-state index contributed by atoms with van der Waals surface area (Å²) in [6.07, 6.45) is 1.54. The lowest BCUT2D eigenvalue weighted by Crippen LogP contribution is -2.16. The fourth-order valence-electron chi connectivity index (χ4n) is 3.01. The minimum absolute atomic E-state index is 0.124. The number of methoxy groups -OCH3 is 1. The summed E-state index contributed by atoms with van der Waals surface area (Å²) >= 11 is 0. The lowest BCUT2D eigenvalue weighted by molar-refractivity contribution is 0.415. The van der Waals surface area contributed by atoms with Crippen LogP contribution in [0.2, 0.25) is 0 Å². The van der Waals surface area contributed by atoms with Crippen LogP contribution in [0.25, 0.3) is 16.8 Å². The normalized spacial score (nSPS) is 11.2. The third-order valence-corrected chi connectivity index (χ3v) is 5.98. The fraction of sp³-hybridized carbons (Fsp3) is 0.0455. The lowest BCUT2D eigenvalue weighted by atomic mass is 10.1. The van der Waals surface area contributed by atoms with E-state index in [1.807, 2.05) is 48.5 Å². The second-order valence-corrected chi connectivity index (χ2v) is 8.26. The van der Waals surface area contributed by atoms with Crippen LogP contribution in [0.1, 0.15) is 0 Å². The zero-order chi connectivity index (χ0) is 21.1. The number of sulfonamides is 1. The number of anilines is 2. The number of hydrogen-bond donors (Lipinski definition) is 2. The van der Waals surface area contributed by atoms with Crippen molar-refractivity contribution in [1.82, 2.24) is 9.78 Å². The largest absolute Gasteiger partial charge is 0.497 e. The van der Waals surface area contributed by atoms with Gasteiger partial charge in [0.2, 0.25) is 0 Å². The molecule has 0 saturated heterocycles. The number of nitrogens with one attached hydrogen (secondary N) is 1. The first-order valence-corrected chi connectivity index (χ1v) is 10.6. The van der Waals surface area contributed by atoms with Crippen molar-refractivity contribution < 1.29 is 13.2 Å². The van der Waals surface area contributed by atoms with Crippen molar-refractivity contribution in [2.75, 3.05) is 17.6 Å². The molecule has 0 unspecified atom stereocenters. The number of benzene rings is 3. The molecule has 7 nitrogen and oxygen atoms in total. The van der Waals surface area contributed by atoms with Gasteiger partial charge in [-0.15, -0.1) is 0 Å². The second-order valence-electron chi connectivity index (χ2n) is 6.58. The van der Waals surface area contributed by atoms with Gasteiger partial charge in [0.15, 0.2) is 0 Å². The molecular weight excluding hydrogens is 400 g/mol. The van der Waals surface area contributed by atoms with Crippen LogP contribution in [0.15, 0.2) is 90.0 Å². The van der Waals surface area contributed by atoms with E-state index in [9.17, 15) is 8.42 Å². The average Bonchev–Trinajstić information content (AvgIpc) is 3.21. The monoisotopic (exact) mass is 420 g/mol. The van der Waals surface area contributed by atoms with Gasteiger partial charge >= 0.3 is 0 Å². The molecule has 152 valence electrons. The predicted molar refractivity (Wildman–Crippen MR) is 117 cm³/mol. The first-order chi connectivity index (χ1) is 14.5. The van der Waals surface area contributed by atoms with Crippen molar-refractivity contribution >= 4 is 21.5 Å². The molecule has 0 spiro atoms. The first kappa shape index (κ1) is 19.5. The van der Waals surface area contributed by atoms with Gasteiger partial charge in [0, 0.05) is 11.8 Å². The van der Waals surface area contributed by atoms with Crippen molar-refractivity contribution in [3.63, 3.8) is 0 Å². The molecule has 4 aromatic rings. The summed E-state index contributed by atoms with van der Waals surface area (Å²) in [6, 6.07) is 23.1. The highest BCUT2D eigenvalue weighted by molar-refractivity contribution is 7.92. The van der Waals surface area contributed by atoms with Crippen molar-refractivity contribution in [3.8, 4) is 22.6 Å². The smallest absolute Gasteiger partial charge is 0.263 e. The topological polar surface area (TPSA) is 99.2 Å². The molecule has 0 atom stereocenters. The molecule has 3 N–H and O–H groups in total. The van der Waals surface area contributed by atoms with Crippen molar-refractivity contribution in [2.24, 2.45) is 0 Å². The van der Waals surface area contributed by atoms with E-state index in [0.29, 0.717) is 11.5 Å². The summed E-state index contributed by atoms with van der Waals surface area (Å²) in [5.74, 6) is 1.13. The number of nitrogens with two attached hydrogens (primary N) is 1. The van der Waals surface area contributed by atoms with E-state index in [1.165, 1.54) is 23.0 Å². The maximum atomic E-state index is 12.7. The Kier molecular flexibility index (Phi) is 5.16. The Balaban J connectivity index is 1.59. The van der Waals surface area contributed by atoms with E-state index in [1.54, 1.807) is 25.3 Å². The Morgan fingerprint density at radius 3 is 2.07 bits per heavy atom. The van der Waals surface area contributed by atoms with E-state index in [4.69, 9.17) is 10.5 Å².